The van der Waals surface area contributed by atoms with Crippen LogP contribution in [0.25, 0.3) is 0 Å². The second-order valence-electron chi connectivity index (χ2n) is 4.96. The van der Waals surface area contributed by atoms with Gasteiger partial charge in [0.1, 0.15) is 0 Å². The van der Waals surface area contributed by atoms with Crippen molar-refractivity contribution in [3.8, 4) is 0 Å². The van der Waals surface area contributed by atoms with Gasteiger partial charge in [-0.2, -0.15) is 8.42 Å². The number of hydrogen-bond donors (Lipinski definition) is 2. The topological polar surface area (TPSA) is 66.4 Å². The highest BCUT2D eigenvalue weighted by molar-refractivity contribution is 7.86. The van der Waals surface area contributed by atoms with Gasteiger partial charge in [-0.25, -0.2) is 0 Å². The number of hydrogen-bond acceptors (Lipinski definition) is 3. The van der Waals surface area contributed by atoms with Crippen LogP contribution in [0.2, 0.25) is 0 Å². The molecule has 0 aromatic rings. The van der Waals surface area contributed by atoms with E-state index in [0.717, 1.165) is 0 Å². The summed E-state index contributed by atoms with van der Waals surface area (Å²) in [6.07, 6.45) is 6.68. The van der Waals surface area contributed by atoms with Gasteiger partial charge in [-0.3, -0.25) is 4.55 Å². The number of nitrogens with one attached hydrogen (secondary N) is 1. The molecule has 0 spiro atoms. The van der Waals surface area contributed by atoms with Crippen LogP contribution in [0.15, 0.2) is 0 Å². The third kappa shape index (κ3) is 4.80. The molecule has 0 amide bonds. The minimum atomic E-state index is -3.88. The van der Waals surface area contributed by atoms with E-state index in [1.54, 1.807) is 6.92 Å². The molecule has 0 radical (unpaired) electrons. The summed E-state index contributed by atoms with van der Waals surface area (Å²) in [5.74, 6) is 0. The molecule has 4 nitrogen and oxygen atoms in total. The average molecular weight is 249 g/mol. The predicted molar refractivity (Wildman–Crippen MR) is 65.1 cm³/mol. The molecule has 1 aliphatic carbocycles. The molecule has 96 valence electrons. The SMILES string of the molecule is CC(CC(C)S(=O)(=O)O)NC1CCCCC1. The standard InChI is InChI=1S/C11H23NO3S/c1-9(8-10(2)16(13,14)15)12-11-6-4-3-5-7-11/h9-12H,3-8H2,1-2H3,(H,13,14,15). The first-order chi connectivity index (χ1) is 7.39. The van der Waals surface area contributed by atoms with E-state index in [2.05, 4.69) is 5.32 Å². The molecule has 1 fully saturated rings. The smallest absolute Gasteiger partial charge is 0.267 e. The van der Waals surface area contributed by atoms with Gasteiger partial charge in [0, 0.05) is 12.1 Å². The van der Waals surface area contributed by atoms with Gasteiger partial charge in [0.25, 0.3) is 10.1 Å². The first kappa shape index (κ1) is 13.9. The van der Waals surface area contributed by atoms with E-state index >= 15 is 0 Å². The van der Waals surface area contributed by atoms with Crippen LogP contribution in [0.4, 0.5) is 0 Å². The molecule has 0 aromatic heterocycles. The second kappa shape index (κ2) is 5.98. The van der Waals surface area contributed by atoms with Crippen LogP contribution in [-0.4, -0.2) is 30.3 Å². The van der Waals surface area contributed by atoms with Gasteiger partial charge in [0.2, 0.25) is 0 Å². The predicted octanol–water partition coefficient (Wildman–Crippen LogP) is 1.96. The first-order valence-corrected chi connectivity index (χ1v) is 7.62. The lowest BCUT2D eigenvalue weighted by atomic mass is 9.94. The summed E-state index contributed by atoms with van der Waals surface area (Å²) in [6, 6.07) is 0.664. The van der Waals surface area contributed by atoms with E-state index in [1.165, 1.54) is 32.1 Å². The van der Waals surface area contributed by atoms with Crippen molar-refractivity contribution in [1.29, 1.82) is 0 Å². The Morgan fingerprint density at radius 3 is 2.31 bits per heavy atom. The Balaban J connectivity index is 2.32. The fraction of sp³-hybridized carbons (Fsp3) is 1.00. The summed E-state index contributed by atoms with van der Waals surface area (Å²) in [4.78, 5) is 0. The molecule has 2 atom stereocenters. The van der Waals surface area contributed by atoms with Gasteiger partial charge in [0.05, 0.1) is 5.25 Å². The summed E-state index contributed by atoms with van der Waals surface area (Å²) in [5, 5.41) is 2.76. The zero-order valence-corrected chi connectivity index (χ0v) is 11.0. The lowest BCUT2D eigenvalue weighted by Gasteiger charge is -2.27. The first-order valence-electron chi connectivity index (χ1n) is 6.12. The highest BCUT2D eigenvalue weighted by Crippen LogP contribution is 2.18. The molecule has 0 aromatic carbocycles. The minimum absolute atomic E-state index is 0.139. The molecule has 5 heteroatoms. The largest absolute Gasteiger partial charge is 0.311 e. The summed E-state index contributed by atoms with van der Waals surface area (Å²) in [7, 11) is -3.88. The highest BCUT2D eigenvalue weighted by atomic mass is 32.2. The fourth-order valence-corrected chi connectivity index (χ4v) is 2.89. The normalized spacial score (nSPS) is 22.9. The lowest BCUT2D eigenvalue weighted by molar-refractivity contribution is 0.333. The summed E-state index contributed by atoms with van der Waals surface area (Å²) < 4.78 is 30.7. The molecule has 0 heterocycles. The maximum Gasteiger partial charge on any atom is 0.267 e. The third-order valence-electron chi connectivity index (χ3n) is 3.32. The highest BCUT2D eigenvalue weighted by Gasteiger charge is 2.22. The molecule has 1 rings (SSSR count). The Labute approximate surface area is 98.6 Å². The van der Waals surface area contributed by atoms with Gasteiger partial charge in [-0.1, -0.05) is 19.3 Å². The van der Waals surface area contributed by atoms with Crippen molar-refractivity contribution in [2.24, 2.45) is 0 Å². The van der Waals surface area contributed by atoms with E-state index in [1.807, 2.05) is 6.92 Å². The lowest BCUT2D eigenvalue weighted by Crippen LogP contribution is -2.40. The maximum atomic E-state index is 10.9. The van der Waals surface area contributed by atoms with Crippen molar-refractivity contribution in [2.75, 3.05) is 0 Å². The third-order valence-corrected chi connectivity index (χ3v) is 4.53. The molecule has 0 aliphatic heterocycles. The zero-order chi connectivity index (χ0) is 12.2. The Kier molecular flexibility index (Phi) is 5.21. The van der Waals surface area contributed by atoms with Crippen molar-refractivity contribution < 1.29 is 13.0 Å². The molecule has 2 N–H and O–H groups in total. The average Bonchev–Trinajstić information content (AvgIpc) is 2.17. The molecular weight excluding hydrogens is 226 g/mol. The molecule has 1 saturated carbocycles. The molecular formula is C11H23NO3S. The Bertz CT molecular complexity index is 296. The van der Waals surface area contributed by atoms with Crippen molar-refractivity contribution in [1.82, 2.24) is 5.32 Å². The zero-order valence-electron chi connectivity index (χ0n) is 10.1. The van der Waals surface area contributed by atoms with Crippen molar-refractivity contribution in [2.45, 2.75) is 69.7 Å². The van der Waals surface area contributed by atoms with E-state index < -0.39 is 15.4 Å². The van der Waals surface area contributed by atoms with E-state index in [4.69, 9.17) is 4.55 Å². The van der Waals surface area contributed by atoms with Crippen molar-refractivity contribution in [3.05, 3.63) is 0 Å². The van der Waals surface area contributed by atoms with Crippen molar-refractivity contribution >= 4 is 10.1 Å². The van der Waals surface area contributed by atoms with E-state index in [-0.39, 0.29) is 6.04 Å². The van der Waals surface area contributed by atoms with Gasteiger partial charge in [-0.05, 0) is 33.1 Å². The van der Waals surface area contributed by atoms with Gasteiger partial charge >= 0.3 is 0 Å². The summed E-state index contributed by atoms with van der Waals surface area (Å²) in [5.41, 5.74) is 0. The van der Waals surface area contributed by atoms with Crippen LogP contribution in [0.3, 0.4) is 0 Å². The molecule has 16 heavy (non-hydrogen) atoms. The van der Waals surface area contributed by atoms with Crippen LogP contribution < -0.4 is 5.32 Å². The van der Waals surface area contributed by atoms with Crippen LogP contribution >= 0.6 is 0 Å². The molecule has 1 aliphatic rings. The van der Waals surface area contributed by atoms with Crippen LogP contribution in [0.5, 0.6) is 0 Å². The monoisotopic (exact) mass is 249 g/mol. The molecule has 0 saturated heterocycles. The van der Waals surface area contributed by atoms with Gasteiger partial charge in [-0.15, -0.1) is 0 Å². The molecule has 2 unspecified atom stereocenters. The second-order valence-corrected chi connectivity index (χ2v) is 6.80. The van der Waals surface area contributed by atoms with Crippen LogP contribution in [0.1, 0.15) is 52.4 Å². The quantitative estimate of drug-likeness (QED) is 0.731. The van der Waals surface area contributed by atoms with Crippen LogP contribution in [0, 0.1) is 0 Å². The Hall–Kier alpha value is -0.130. The number of rotatable bonds is 5. The Morgan fingerprint density at radius 2 is 1.81 bits per heavy atom. The fourth-order valence-electron chi connectivity index (χ4n) is 2.36. The Morgan fingerprint density at radius 1 is 1.25 bits per heavy atom. The van der Waals surface area contributed by atoms with Gasteiger partial charge < -0.3 is 5.32 Å². The summed E-state index contributed by atoms with van der Waals surface area (Å²) >= 11 is 0. The van der Waals surface area contributed by atoms with E-state index in [9.17, 15) is 8.42 Å². The minimum Gasteiger partial charge on any atom is -0.311 e. The summed E-state index contributed by atoms with van der Waals surface area (Å²) in [6.45, 7) is 3.53. The van der Waals surface area contributed by atoms with Crippen molar-refractivity contribution in [3.63, 3.8) is 0 Å². The molecule has 0 bridgehead atoms. The maximum absolute atomic E-state index is 10.9. The van der Waals surface area contributed by atoms with Crippen LogP contribution in [-0.2, 0) is 10.1 Å². The van der Waals surface area contributed by atoms with Gasteiger partial charge in [0.15, 0.2) is 0 Å². The van der Waals surface area contributed by atoms with E-state index in [0.29, 0.717) is 12.5 Å².